The first-order chi connectivity index (χ1) is 7.81. The molecule has 0 unspecified atom stereocenters. The Labute approximate surface area is 106 Å². The largest absolute Gasteiger partial charge is 0.230 e. The second-order valence-electron chi connectivity index (χ2n) is 4.18. The summed E-state index contributed by atoms with van der Waals surface area (Å²) in [5, 5.41) is 2.44. The number of nitrogens with zero attached hydrogens (tertiary/aromatic N) is 2. The van der Waals surface area contributed by atoms with E-state index in [2.05, 4.69) is 16.9 Å². The zero-order chi connectivity index (χ0) is 11.4. The van der Waals surface area contributed by atoms with E-state index in [1.165, 1.54) is 32.1 Å². The molecule has 1 fully saturated rings. The van der Waals surface area contributed by atoms with Crippen molar-refractivity contribution in [1.82, 2.24) is 9.97 Å². The summed E-state index contributed by atoms with van der Waals surface area (Å²) in [5.41, 5.74) is 1.11. The SMILES string of the molecule is CCc1c(Cl)ncnc1SC1CCCCC1. The molecule has 1 aromatic heterocycles. The number of thioether (sulfide) groups is 1. The van der Waals surface area contributed by atoms with E-state index in [1.54, 1.807) is 6.33 Å². The first-order valence-electron chi connectivity index (χ1n) is 5.97. The summed E-state index contributed by atoms with van der Waals surface area (Å²) in [6, 6.07) is 0. The minimum atomic E-state index is 0.621. The van der Waals surface area contributed by atoms with E-state index in [9.17, 15) is 0 Å². The number of hydrogen-bond donors (Lipinski definition) is 0. The lowest BCUT2D eigenvalue weighted by molar-refractivity contribution is 0.515. The Morgan fingerprint density at radius 1 is 1.31 bits per heavy atom. The Kier molecular flexibility index (Phi) is 4.47. The van der Waals surface area contributed by atoms with Crippen LogP contribution in [0.2, 0.25) is 5.15 Å². The number of hydrogen-bond acceptors (Lipinski definition) is 3. The van der Waals surface area contributed by atoms with Gasteiger partial charge in [-0.3, -0.25) is 0 Å². The molecule has 0 amide bonds. The van der Waals surface area contributed by atoms with Crippen molar-refractivity contribution in [2.45, 2.75) is 55.7 Å². The van der Waals surface area contributed by atoms with Crippen molar-refractivity contribution >= 4 is 23.4 Å². The van der Waals surface area contributed by atoms with E-state index in [0.717, 1.165) is 22.3 Å². The summed E-state index contributed by atoms with van der Waals surface area (Å²) in [6.45, 7) is 2.11. The molecule has 2 rings (SSSR count). The Balaban J connectivity index is 2.10. The number of aromatic nitrogens is 2. The molecule has 0 radical (unpaired) electrons. The van der Waals surface area contributed by atoms with Gasteiger partial charge in [-0.1, -0.05) is 37.8 Å². The lowest BCUT2D eigenvalue weighted by Crippen LogP contribution is -2.09. The molecule has 1 aromatic rings. The third-order valence-electron chi connectivity index (χ3n) is 3.04. The Morgan fingerprint density at radius 2 is 2.06 bits per heavy atom. The van der Waals surface area contributed by atoms with Gasteiger partial charge in [0, 0.05) is 10.8 Å². The van der Waals surface area contributed by atoms with Gasteiger partial charge in [-0.05, 0) is 19.3 Å². The van der Waals surface area contributed by atoms with E-state index >= 15 is 0 Å². The fourth-order valence-corrected chi connectivity index (χ4v) is 3.81. The predicted octanol–water partition coefficient (Wildman–Crippen LogP) is 4.12. The molecule has 0 N–H and O–H groups in total. The van der Waals surface area contributed by atoms with Gasteiger partial charge in [0.15, 0.2) is 0 Å². The highest BCUT2D eigenvalue weighted by molar-refractivity contribution is 7.99. The summed E-state index contributed by atoms with van der Waals surface area (Å²) in [5.74, 6) is 0. The summed E-state index contributed by atoms with van der Waals surface area (Å²) in [4.78, 5) is 8.42. The summed E-state index contributed by atoms with van der Waals surface area (Å²) in [7, 11) is 0. The van der Waals surface area contributed by atoms with Gasteiger partial charge in [-0.25, -0.2) is 9.97 Å². The van der Waals surface area contributed by atoms with Crippen LogP contribution in [0.3, 0.4) is 0 Å². The number of rotatable bonds is 3. The highest BCUT2D eigenvalue weighted by Gasteiger charge is 2.18. The van der Waals surface area contributed by atoms with E-state index in [1.807, 2.05) is 11.8 Å². The maximum Gasteiger partial charge on any atom is 0.136 e. The van der Waals surface area contributed by atoms with Crippen molar-refractivity contribution in [2.24, 2.45) is 0 Å². The normalized spacial score (nSPS) is 17.6. The fraction of sp³-hybridized carbons (Fsp3) is 0.667. The molecule has 0 atom stereocenters. The smallest absolute Gasteiger partial charge is 0.136 e. The topological polar surface area (TPSA) is 25.8 Å². The van der Waals surface area contributed by atoms with Crippen LogP contribution in [-0.4, -0.2) is 15.2 Å². The lowest BCUT2D eigenvalue weighted by Gasteiger charge is -2.21. The van der Waals surface area contributed by atoms with Gasteiger partial charge in [-0.2, -0.15) is 0 Å². The quantitative estimate of drug-likeness (QED) is 0.761. The maximum absolute atomic E-state index is 6.08. The molecule has 16 heavy (non-hydrogen) atoms. The zero-order valence-corrected chi connectivity index (χ0v) is 11.2. The van der Waals surface area contributed by atoms with Crippen LogP contribution >= 0.6 is 23.4 Å². The van der Waals surface area contributed by atoms with Crippen LogP contribution < -0.4 is 0 Å². The molecule has 1 heterocycles. The predicted molar refractivity (Wildman–Crippen MR) is 69.2 cm³/mol. The average molecular weight is 257 g/mol. The van der Waals surface area contributed by atoms with Crippen LogP contribution in [0.15, 0.2) is 11.4 Å². The Morgan fingerprint density at radius 3 is 2.75 bits per heavy atom. The monoisotopic (exact) mass is 256 g/mol. The highest BCUT2D eigenvalue weighted by Crippen LogP contribution is 2.35. The van der Waals surface area contributed by atoms with Crippen molar-refractivity contribution in [1.29, 1.82) is 0 Å². The maximum atomic E-state index is 6.08. The second-order valence-corrected chi connectivity index (χ2v) is 5.83. The van der Waals surface area contributed by atoms with Crippen molar-refractivity contribution in [3.8, 4) is 0 Å². The third kappa shape index (κ3) is 2.89. The summed E-state index contributed by atoms with van der Waals surface area (Å²) >= 11 is 7.98. The van der Waals surface area contributed by atoms with Crippen LogP contribution in [0.4, 0.5) is 0 Å². The van der Waals surface area contributed by atoms with Gasteiger partial charge in [0.25, 0.3) is 0 Å². The Hall–Kier alpha value is -0.280. The minimum absolute atomic E-state index is 0.621. The summed E-state index contributed by atoms with van der Waals surface area (Å²) < 4.78 is 0. The minimum Gasteiger partial charge on any atom is -0.230 e. The Bertz CT molecular complexity index is 351. The first kappa shape index (κ1) is 12.2. The molecule has 88 valence electrons. The van der Waals surface area contributed by atoms with Crippen LogP contribution in [0, 0.1) is 0 Å². The van der Waals surface area contributed by atoms with Crippen LogP contribution in [-0.2, 0) is 6.42 Å². The molecular weight excluding hydrogens is 240 g/mol. The van der Waals surface area contributed by atoms with Crippen molar-refractivity contribution in [3.05, 3.63) is 17.0 Å². The molecule has 0 aromatic carbocycles. The van der Waals surface area contributed by atoms with E-state index in [-0.39, 0.29) is 0 Å². The van der Waals surface area contributed by atoms with Crippen LogP contribution in [0.5, 0.6) is 0 Å². The second kappa shape index (κ2) is 5.87. The average Bonchev–Trinajstić information content (AvgIpc) is 2.31. The summed E-state index contributed by atoms with van der Waals surface area (Å²) in [6.07, 6.45) is 9.23. The molecule has 0 spiro atoms. The fourth-order valence-electron chi connectivity index (χ4n) is 2.12. The van der Waals surface area contributed by atoms with Gasteiger partial charge in [0.05, 0.1) is 0 Å². The van der Waals surface area contributed by atoms with Crippen LogP contribution in [0.25, 0.3) is 0 Å². The van der Waals surface area contributed by atoms with Crippen LogP contribution in [0.1, 0.15) is 44.6 Å². The lowest BCUT2D eigenvalue weighted by atomic mass is 10.0. The highest BCUT2D eigenvalue weighted by atomic mass is 35.5. The molecule has 4 heteroatoms. The third-order valence-corrected chi connectivity index (χ3v) is 4.74. The molecular formula is C12H17ClN2S. The van der Waals surface area contributed by atoms with Crippen molar-refractivity contribution < 1.29 is 0 Å². The first-order valence-corrected chi connectivity index (χ1v) is 7.23. The van der Waals surface area contributed by atoms with Gasteiger partial charge >= 0.3 is 0 Å². The van der Waals surface area contributed by atoms with Gasteiger partial charge in [-0.15, -0.1) is 11.8 Å². The van der Waals surface area contributed by atoms with Crippen molar-refractivity contribution in [3.63, 3.8) is 0 Å². The van der Waals surface area contributed by atoms with E-state index < -0.39 is 0 Å². The molecule has 0 aliphatic heterocycles. The molecule has 1 aliphatic rings. The van der Waals surface area contributed by atoms with Gasteiger partial charge < -0.3 is 0 Å². The van der Waals surface area contributed by atoms with E-state index in [0.29, 0.717) is 5.15 Å². The van der Waals surface area contributed by atoms with Gasteiger partial charge in [0.2, 0.25) is 0 Å². The molecule has 0 bridgehead atoms. The molecule has 1 aliphatic carbocycles. The van der Waals surface area contributed by atoms with Crippen molar-refractivity contribution in [2.75, 3.05) is 0 Å². The standard InChI is InChI=1S/C12H17ClN2S/c1-2-10-11(13)14-8-15-12(10)16-9-6-4-3-5-7-9/h8-9H,2-7H2,1H3. The molecule has 2 nitrogen and oxygen atoms in total. The molecule has 1 saturated carbocycles. The van der Waals surface area contributed by atoms with E-state index in [4.69, 9.17) is 11.6 Å². The zero-order valence-electron chi connectivity index (χ0n) is 9.58. The van der Waals surface area contributed by atoms with Gasteiger partial charge in [0.1, 0.15) is 16.5 Å². The molecule has 0 saturated heterocycles. The number of halogens is 1.